The van der Waals surface area contributed by atoms with E-state index in [0.717, 1.165) is 17.7 Å². The summed E-state index contributed by atoms with van der Waals surface area (Å²) in [6.45, 7) is 1.99. The average molecular weight is 223 g/mol. The van der Waals surface area contributed by atoms with Crippen LogP contribution in [-0.2, 0) is 11.2 Å². The molecule has 0 saturated carbocycles. The van der Waals surface area contributed by atoms with Crippen LogP contribution in [0.25, 0.3) is 0 Å². The summed E-state index contributed by atoms with van der Waals surface area (Å²) >= 11 is 0. The van der Waals surface area contributed by atoms with Crippen molar-refractivity contribution in [1.29, 1.82) is 0 Å². The first-order valence-corrected chi connectivity index (χ1v) is 5.18. The Morgan fingerprint density at radius 2 is 2.06 bits per heavy atom. The summed E-state index contributed by atoms with van der Waals surface area (Å²) in [4.78, 5) is 12.6. The summed E-state index contributed by atoms with van der Waals surface area (Å²) < 4.78 is 0. The number of hydrogen-bond donors (Lipinski definition) is 2. The van der Waals surface area contributed by atoms with Crippen molar-refractivity contribution in [2.75, 3.05) is 19.0 Å². The molecule has 0 bridgehead atoms. The molecule has 0 amide bonds. The normalized spacial score (nSPS) is 12.2. The first kappa shape index (κ1) is 12.5. The highest BCUT2D eigenvalue weighted by atomic mass is 16.4. The molecule has 88 valence electrons. The molecule has 1 rings (SSSR count). The number of aliphatic hydroxyl groups excluding tert-OH is 1. The quantitative estimate of drug-likeness (QED) is 0.810. The number of anilines is 1. The third kappa shape index (κ3) is 2.52. The van der Waals surface area contributed by atoms with Gasteiger partial charge >= 0.3 is 5.97 Å². The minimum absolute atomic E-state index is 0.442. The number of carbonyl (C=O) groups is 1. The Bertz CT molecular complexity index is 388. The minimum atomic E-state index is -1.47. The van der Waals surface area contributed by atoms with Crippen molar-refractivity contribution in [3.8, 4) is 0 Å². The van der Waals surface area contributed by atoms with Crippen LogP contribution in [-0.4, -0.2) is 30.3 Å². The SMILES string of the molecule is CCc1ccc(N(C)C)c(C(O)C(=O)O)c1. The molecule has 0 aliphatic heterocycles. The summed E-state index contributed by atoms with van der Waals surface area (Å²) in [6.07, 6.45) is -0.656. The van der Waals surface area contributed by atoms with Gasteiger partial charge in [-0.05, 0) is 18.1 Å². The van der Waals surface area contributed by atoms with Gasteiger partial charge in [0.25, 0.3) is 0 Å². The van der Waals surface area contributed by atoms with Crippen LogP contribution in [0, 0.1) is 0 Å². The van der Waals surface area contributed by atoms with Gasteiger partial charge in [0, 0.05) is 25.3 Å². The van der Waals surface area contributed by atoms with Gasteiger partial charge in [-0.25, -0.2) is 4.79 Å². The molecule has 0 radical (unpaired) electrons. The Morgan fingerprint density at radius 3 is 2.50 bits per heavy atom. The molecule has 0 aliphatic carbocycles. The standard InChI is InChI=1S/C12H17NO3/c1-4-8-5-6-10(13(2)3)9(7-8)11(14)12(15)16/h5-7,11,14H,4H2,1-3H3,(H,15,16). The Kier molecular flexibility index (Phi) is 3.90. The Balaban J connectivity index is 3.25. The molecule has 1 aromatic rings. The minimum Gasteiger partial charge on any atom is -0.479 e. The third-order valence-electron chi connectivity index (χ3n) is 2.51. The van der Waals surface area contributed by atoms with Crippen molar-refractivity contribution in [2.45, 2.75) is 19.4 Å². The number of benzene rings is 1. The van der Waals surface area contributed by atoms with Crippen molar-refractivity contribution >= 4 is 11.7 Å². The van der Waals surface area contributed by atoms with Crippen LogP contribution in [0.2, 0.25) is 0 Å². The lowest BCUT2D eigenvalue weighted by Gasteiger charge is -2.20. The summed E-state index contributed by atoms with van der Waals surface area (Å²) in [5.41, 5.74) is 2.19. The molecule has 0 saturated heterocycles. The third-order valence-corrected chi connectivity index (χ3v) is 2.51. The van der Waals surface area contributed by atoms with Crippen LogP contribution in [0.1, 0.15) is 24.2 Å². The Hall–Kier alpha value is -1.55. The van der Waals surface area contributed by atoms with Gasteiger partial charge in [0.15, 0.2) is 6.10 Å². The zero-order valence-corrected chi connectivity index (χ0v) is 9.77. The summed E-state index contributed by atoms with van der Waals surface area (Å²) in [7, 11) is 3.64. The van der Waals surface area contributed by atoms with Crippen LogP contribution in [0.3, 0.4) is 0 Å². The molecule has 1 atom stereocenters. The lowest BCUT2D eigenvalue weighted by atomic mass is 10.0. The van der Waals surface area contributed by atoms with Crippen molar-refractivity contribution < 1.29 is 15.0 Å². The number of nitrogens with zero attached hydrogens (tertiary/aromatic N) is 1. The zero-order valence-electron chi connectivity index (χ0n) is 9.77. The number of hydrogen-bond acceptors (Lipinski definition) is 3. The van der Waals surface area contributed by atoms with Gasteiger partial charge in [-0.15, -0.1) is 0 Å². The Morgan fingerprint density at radius 1 is 1.44 bits per heavy atom. The van der Waals surface area contributed by atoms with Gasteiger partial charge in [-0.2, -0.15) is 0 Å². The van der Waals surface area contributed by atoms with Gasteiger partial charge in [-0.1, -0.05) is 19.1 Å². The highest BCUT2D eigenvalue weighted by Crippen LogP contribution is 2.26. The van der Waals surface area contributed by atoms with Gasteiger partial charge in [0.2, 0.25) is 0 Å². The van der Waals surface area contributed by atoms with Gasteiger partial charge < -0.3 is 15.1 Å². The molecule has 0 aromatic heterocycles. The molecule has 2 N–H and O–H groups in total. The van der Waals surface area contributed by atoms with E-state index in [1.165, 1.54) is 0 Å². The maximum atomic E-state index is 10.8. The van der Waals surface area contributed by atoms with E-state index in [0.29, 0.717) is 5.56 Å². The lowest BCUT2D eigenvalue weighted by molar-refractivity contribution is -0.146. The largest absolute Gasteiger partial charge is 0.479 e. The fourth-order valence-corrected chi connectivity index (χ4v) is 1.58. The van der Waals surface area contributed by atoms with Crippen molar-refractivity contribution in [3.05, 3.63) is 29.3 Å². The second kappa shape index (κ2) is 4.99. The summed E-state index contributed by atoms with van der Waals surface area (Å²) in [6, 6.07) is 5.52. The second-order valence-electron chi connectivity index (χ2n) is 3.88. The molecule has 1 aromatic carbocycles. The molecular formula is C12H17NO3. The number of rotatable bonds is 4. The summed E-state index contributed by atoms with van der Waals surface area (Å²) in [5, 5.41) is 18.5. The smallest absolute Gasteiger partial charge is 0.337 e. The molecule has 1 unspecified atom stereocenters. The van der Waals surface area contributed by atoms with E-state index in [2.05, 4.69) is 0 Å². The predicted molar refractivity (Wildman–Crippen MR) is 62.7 cm³/mol. The first-order chi connectivity index (χ1) is 7.47. The number of carboxylic acids is 1. The fourth-order valence-electron chi connectivity index (χ4n) is 1.58. The van der Waals surface area contributed by atoms with E-state index in [-0.39, 0.29) is 0 Å². The van der Waals surface area contributed by atoms with Crippen molar-refractivity contribution in [3.63, 3.8) is 0 Å². The van der Waals surface area contributed by atoms with Crippen LogP contribution in [0.15, 0.2) is 18.2 Å². The molecular weight excluding hydrogens is 206 g/mol. The van der Waals surface area contributed by atoms with E-state index in [1.807, 2.05) is 33.2 Å². The Labute approximate surface area is 95.1 Å². The molecule has 0 aliphatic rings. The van der Waals surface area contributed by atoms with Crippen LogP contribution in [0.5, 0.6) is 0 Å². The van der Waals surface area contributed by atoms with Crippen molar-refractivity contribution in [1.82, 2.24) is 0 Å². The number of aryl methyl sites for hydroxylation is 1. The van der Waals surface area contributed by atoms with Gasteiger partial charge in [-0.3, -0.25) is 0 Å². The topological polar surface area (TPSA) is 60.8 Å². The maximum absolute atomic E-state index is 10.8. The second-order valence-corrected chi connectivity index (χ2v) is 3.88. The van der Waals surface area contributed by atoms with E-state index in [4.69, 9.17) is 5.11 Å². The zero-order chi connectivity index (χ0) is 12.3. The van der Waals surface area contributed by atoms with E-state index in [1.54, 1.807) is 11.0 Å². The molecule has 4 nitrogen and oxygen atoms in total. The van der Waals surface area contributed by atoms with Crippen LogP contribution >= 0.6 is 0 Å². The number of aliphatic hydroxyl groups is 1. The van der Waals surface area contributed by atoms with Gasteiger partial charge in [0.1, 0.15) is 0 Å². The average Bonchev–Trinajstić information content (AvgIpc) is 2.26. The summed E-state index contributed by atoms with van der Waals surface area (Å²) in [5.74, 6) is -1.23. The van der Waals surface area contributed by atoms with E-state index >= 15 is 0 Å². The molecule has 4 heteroatoms. The van der Waals surface area contributed by atoms with Gasteiger partial charge in [0.05, 0.1) is 0 Å². The number of carboxylic acid groups (broad SMARTS) is 1. The highest BCUT2D eigenvalue weighted by Gasteiger charge is 2.20. The molecule has 0 spiro atoms. The molecule has 0 heterocycles. The van der Waals surface area contributed by atoms with E-state index < -0.39 is 12.1 Å². The van der Waals surface area contributed by atoms with Crippen molar-refractivity contribution in [2.24, 2.45) is 0 Å². The molecule has 0 fully saturated rings. The molecule has 16 heavy (non-hydrogen) atoms. The maximum Gasteiger partial charge on any atom is 0.337 e. The monoisotopic (exact) mass is 223 g/mol. The first-order valence-electron chi connectivity index (χ1n) is 5.18. The van der Waals surface area contributed by atoms with Crippen LogP contribution in [0.4, 0.5) is 5.69 Å². The van der Waals surface area contributed by atoms with E-state index in [9.17, 15) is 9.90 Å². The fraction of sp³-hybridized carbons (Fsp3) is 0.417. The van der Waals surface area contributed by atoms with Crippen LogP contribution < -0.4 is 4.90 Å². The number of aliphatic carboxylic acids is 1. The lowest BCUT2D eigenvalue weighted by Crippen LogP contribution is -2.17. The predicted octanol–water partition coefficient (Wildman–Crippen LogP) is 1.43. The highest BCUT2D eigenvalue weighted by molar-refractivity contribution is 5.77.